The van der Waals surface area contributed by atoms with Gasteiger partial charge < -0.3 is 10.6 Å². The molecule has 0 aliphatic carbocycles. The van der Waals surface area contributed by atoms with Crippen LogP contribution in [0.4, 0.5) is 4.39 Å². The van der Waals surface area contributed by atoms with Gasteiger partial charge in [-0.05, 0) is 30.5 Å². The summed E-state index contributed by atoms with van der Waals surface area (Å²) in [5.74, 6) is -0.472. The summed E-state index contributed by atoms with van der Waals surface area (Å²) in [6.07, 6.45) is 0.469. The zero-order valence-corrected chi connectivity index (χ0v) is 12.1. The topological polar surface area (TPSA) is 58.2 Å². The molecule has 0 unspecified atom stereocenters. The molecule has 110 valence electrons. The number of amides is 2. The van der Waals surface area contributed by atoms with Crippen LogP contribution in [0.15, 0.2) is 18.2 Å². The summed E-state index contributed by atoms with van der Waals surface area (Å²) >= 11 is 0. The van der Waals surface area contributed by atoms with Crippen molar-refractivity contribution in [3.63, 3.8) is 0 Å². The van der Waals surface area contributed by atoms with Crippen LogP contribution in [0, 0.1) is 18.7 Å². The highest BCUT2D eigenvalue weighted by atomic mass is 19.1. The summed E-state index contributed by atoms with van der Waals surface area (Å²) in [7, 11) is 0. The lowest BCUT2D eigenvalue weighted by Gasteiger charge is -2.08. The molecule has 0 fully saturated rings. The van der Waals surface area contributed by atoms with Crippen molar-refractivity contribution in [2.75, 3.05) is 13.1 Å². The number of benzene rings is 1. The fraction of sp³-hybridized carbons (Fsp3) is 0.467. The molecule has 1 aromatic carbocycles. The summed E-state index contributed by atoms with van der Waals surface area (Å²) in [6.45, 7) is 6.26. The van der Waals surface area contributed by atoms with Gasteiger partial charge in [-0.15, -0.1) is 0 Å². The largest absolute Gasteiger partial charge is 0.354 e. The number of aryl methyl sites for hydroxylation is 1. The van der Waals surface area contributed by atoms with Crippen LogP contribution in [-0.2, 0) is 4.79 Å². The van der Waals surface area contributed by atoms with Gasteiger partial charge >= 0.3 is 0 Å². The Bertz CT molecular complexity index is 487. The number of nitrogens with one attached hydrogen (secondary N) is 2. The van der Waals surface area contributed by atoms with Crippen molar-refractivity contribution in [2.24, 2.45) is 5.92 Å². The fourth-order valence-corrected chi connectivity index (χ4v) is 1.66. The van der Waals surface area contributed by atoms with E-state index in [1.807, 2.05) is 13.8 Å². The van der Waals surface area contributed by atoms with Crippen molar-refractivity contribution in [2.45, 2.75) is 27.2 Å². The van der Waals surface area contributed by atoms with Crippen molar-refractivity contribution in [3.05, 3.63) is 35.1 Å². The SMILES string of the molecule is Cc1ccc(C(=O)NCCNC(=O)CC(C)C)cc1F. The molecule has 0 aromatic heterocycles. The van der Waals surface area contributed by atoms with E-state index in [4.69, 9.17) is 0 Å². The quantitative estimate of drug-likeness (QED) is 0.783. The molecule has 4 nitrogen and oxygen atoms in total. The minimum absolute atomic E-state index is 0.0318. The van der Waals surface area contributed by atoms with E-state index in [-0.39, 0.29) is 17.4 Å². The lowest BCUT2D eigenvalue weighted by atomic mass is 10.1. The molecule has 5 heteroatoms. The van der Waals surface area contributed by atoms with Crippen LogP contribution in [0.3, 0.4) is 0 Å². The Balaban J connectivity index is 2.33. The van der Waals surface area contributed by atoms with Gasteiger partial charge in [-0.3, -0.25) is 9.59 Å². The van der Waals surface area contributed by atoms with E-state index in [9.17, 15) is 14.0 Å². The van der Waals surface area contributed by atoms with Crippen molar-refractivity contribution in [1.29, 1.82) is 0 Å². The monoisotopic (exact) mass is 280 g/mol. The van der Waals surface area contributed by atoms with Crippen LogP contribution in [0.1, 0.15) is 36.2 Å². The second-order valence-corrected chi connectivity index (χ2v) is 5.17. The molecule has 1 rings (SSSR count). The molecule has 0 radical (unpaired) electrons. The van der Waals surface area contributed by atoms with E-state index in [2.05, 4.69) is 10.6 Å². The van der Waals surface area contributed by atoms with E-state index >= 15 is 0 Å². The van der Waals surface area contributed by atoms with Gasteiger partial charge in [0.1, 0.15) is 5.82 Å². The number of hydrogen-bond donors (Lipinski definition) is 2. The summed E-state index contributed by atoms with van der Waals surface area (Å²) in [4.78, 5) is 23.1. The van der Waals surface area contributed by atoms with Crippen LogP contribution in [0.5, 0.6) is 0 Å². The standard InChI is InChI=1S/C15H21FN2O2/c1-10(2)8-14(19)17-6-7-18-15(20)12-5-4-11(3)13(16)9-12/h4-5,9-10H,6-8H2,1-3H3,(H,17,19)(H,18,20). The average Bonchev–Trinajstić information content (AvgIpc) is 2.36. The molecule has 0 saturated carbocycles. The normalized spacial score (nSPS) is 10.4. The lowest BCUT2D eigenvalue weighted by molar-refractivity contribution is -0.121. The van der Waals surface area contributed by atoms with Crippen LogP contribution in [0.2, 0.25) is 0 Å². The first kappa shape index (κ1) is 16.1. The van der Waals surface area contributed by atoms with Gasteiger partial charge in [0.15, 0.2) is 0 Å². The first-order valence-corrected chi connectivity index (χ1v) is 6.71. The van der Waals surface area contributed by atoms with Crippen LogP contribution < -0.4 is 10.6 Å². The molecule has 0 spiro atoms. The third-order valence-corrected chi connectivity index (χ3v) is 2.76. The Labute approximate surface area is 118 Å². The summed E-state index contributed by atoms with van der Waals surface area (Å²) < 4.78 is 13.3. The number of rotatable bonds is 6. The molecule has 2 N–H and O–H groups in total. The van der Waals surface area contributed by atoms with Crippen molar-refractivity contribution in [1.82, 2.24) is 10.6 Å². The lowest BCUT2D eigenvalue weighted by Crippen LogP contribution is -2.35. The first-order chi connectivity index (χ1) is 9.40. The van der Waals surface area contributed by atoms with E-state index in [0.717, 1.165) is 0 Å². The van der Waals surface area contributed by atoms with E-state index in [0.29, 0.717) is 31.0 Å². The Morgan fingerprint density at radius 2 is 1.85 bits per heavy atom. The number of hydrogen-bond acceptors (Lipinski definition) is 2. The first-order valence-electron chi connectivity index (χ1n) is 6.71. The molecule has 0 bridgehead atoms. The van der Waals surface area contributed by atoms with Gasteiger partial charge in [0.2, 0.25) is 5.91 Å². The molecule has 0 atom stereocenters. The highest BCUT2D eigenvalue weighted by molar-refractivity contribution is 5.94. The van der Waals surface area contributed by atoms with Crippen LogP contribution >= 0.6 is 0 Å². The minimum atomic E-state index is -0.400. The molecule has 0 heterocycles. The summed E-state index contributed by atoms with van der Waals surface area (Å²) in [6, 6.07) is 4.35. The maximum Gasteiger partial charge on any atom is 0.251 e. The number of halogens is 1. The van der Waals surface area contributed by atoms with Gasteiger partial charge in [-0.2, -0.15) is 0 Å². The van der Waals surface area contributed by atoms with Gasteiger partial charge in [0.05, 0.1) is 0 Å². The molecular weight excluding hydrogens is 259 g/mol. The van der Waals surface area contributed by atoms with Gasteiger partial charge in [0.25, 0.3) is 5.91 Å². The fourth-order valence-electron chi connectivity index (χ4n) is 1.66. The highest BCUT2D eigenvalue weighted by Gasteiger charge is 2.08. The van der Waals surface area contributed by atoms with Crippen molar-refractivity contribution < 1.29 is 14.0 Å². The van der Waals surface area contributed by atoms with Crippen LogP contribution in [-0.4, -0.2) is 24.9 Å². The van der Waals surface area contributed by atoms with E-state index in [1.54, 1.807) is 19.1 Å². The summed E-state index contributed by atoms with van der Waals surface area (Å²) in [5.41, 5.74) is 0.782. The maximum atomic E-state index is 13.3. The third-order valence-electron chi connectivity index (χ3n) is 2.76. The zero-order valence-electron chi connectivity index (χ0n) is 12.1. The Morgan fingerprint density at radius 3 is 2.45 bits per heavy atom. The Morgan fingerprint density at radius 1 is 1.20 bits per heavy atom. The summed E-state index contributed by atoms with van der Waals surface area (Å²) in [5, 5.41) is 5.35. The highest BCUT2D eigenvalue weighted by Crippen LogP contribution is 2.08. The second-order valence-electron chi connectivity index (χ2n) is 5.17. The molecule has 0 aliphatic heterocycles. The van der Waals surface area contributed by atoms with E-state index in [1.165, 1.54) is 6.07 Å². The molecule has 0 saturated heterocycles. The maximum absolute atomic E-state index is 13.3. The van der Waals surface area contributed by atoms with E-state index < -0.39 is 5.82 Å². The van der Waals surface area contributed by atoms with Crippen molar-refractivity contribution >= 4 is 11.8 Å². The molecule has 0 aliphatic rings. The smallest absolute Gasteiger partial charge is 0.251 e. The number of carbonyl (C=O) groups is 2. The predicted octanol–water partition coefficient (Wildman–Crippen LogP) is 2.03. The zero-order chi connectivity index (χ0) is 15.1. The van der Waals surface area contributed by atoms with Crippen molar-refractivity contribution in [3.8, 4) is 0 Å². The van der Waals surface area contributed by atoms with Gasteiger partial charge in [0, 0.05) is 25.1 Å². The third kappa shape index (κ3) is 5.38. The average molecular weight is 280 g/mol. The minimum Gasteiger partial charge on any atom is -0.354 e. The molecule has 2 amide bonds. The second kappa shape index (κ2) is 7.62. The molecule has 1 aromatic rings. The van der Waals surface area contributed by atoms with Gasteiger partial charge in [-0.25, -0.2) is 4.39 Å². The Kier molecular flexibility index (Phi) is 6.15. The number of carbonyl (C=O) groups excluding carboxylic acids is 2. The van der Waals surface area contributed by atoms with Crippen LogP contribution in [0.25, 0.3) is 0 Å². The predicted molar refractivity (Wildman–Crippen MR) is 75.9 cm³/mol. The molecular formula is C15H21FN2O2. The molecule has 20 heavy (non-hydrogen) atoms. The Hall–Kier alpha value is -1.91. The van der Waals surface area contributed by atoms with Gasteiger partial charge in [-0.1, -0.05) is 19.9 Å².